The van der Waals surface area contributed by atoms with Gasteiger partial charge in [-0.3, -0.25) is 4.90 Å². The summed E-state index contributed by atoms with van der Waals surface area (Å²) in [7, 11) is -1.42. The highest BCUT2D eigenvalue weighted by Gasteiger charge is 2.27. The van der Waals surface area contributed by atoms with E-state index in [4.69, 9.17) is 0 Å². The fourth-order valence-corrected chi connectivity index (χ4v) is 6.37. The van der Waals surface area contributed by atoms with Crippen molar-refractivity contribution in [3.05, 3.63) is 70.3 Å². The molecule has 1 aromatic carbocycles. The molecule has 0 unspecified atom stereocenters. The van der Waals surface area contributed by atoms with E-state index in [0.717, 1.165) is 37.2 Å². The molecular weight excluding hydrogens is 440 g/mol. The van der Waals surface area contributed by atoms with E-state index >= 15 is 0 Å². The predicted octanol–water partition coefficient (Wildman–Crippen LogP) is 4.48. The van der Waals surface area contributed by atoms with E-state index in [-0.39, 0.29) is 10.8 Å². The van der Waals surface area contributed by atoms with Gasteiger partial charge in [0.05, 0.1) is 28.8 Å². The van der Waals surface area contributed by atoms with E-state index in [9.17, 15) is 8.42 Å². The number of piperidine rings is 1. The topological polar surface area (TPSA) is 66.4 Å². The molecule has 0 aliphatic carbocycles. The van der Waals surface area contributed by atoms with Crippen molar-refractivity contribution in [3.8, 4) is 0 Å². The highest BCUT2D eigenvalue weighted by molar-refractivity contribution is 7.90. The fraction of sp³-hybridized carbons (Fsp3) is 0.417. The summed E-state index contributed by atoms with van der Waals surface area (Å²) in [5.74, 6) is -0.115. The maximum absolute atomic E-state index is 12.7. The molecular formula is C24H30N4O2S2. The summed E-state index contributed by atoms with van der Waals surface area (Å²) in [6, 6.07) is 13.2. The van der Waals surface area contributed by atoms with Gasteiger partial charge in [-0.15, -0.1) is 11.3 Å². The third kappa shape index (κ3) is 5.03. The molecule has 170 valence electrons. The van der Waals surface area contributed by atoms with E-state index in [1.54, 1.807) is 23.2 Å². The molecule has 1 fully saturated rings. The molecule has 2 aromatic heterocycles. The Morgan fingerprint density at radius 3 is 2.53 bits per heavy atom. The van der Waals surface area contributed by atoms with E-state index in [0.29, 0.717) is 17.8 Å². The van der Waals surface area contributed by atoms with Crippen LogP contribution in [0.5, 0.6) is 0 Å². The molecule has 0 N–H and O–H groups in total. The molecule has 4 rings (SSSR count). The van der Waals surface area contributed by atoms with Gasteiger partial charge >= 0.3 is 0 Å². The first kappa shape index (κ1) is 22.9. The quantitative estimate of drug-likeness (QED) is 0.507. The van der Waals surface area contributed by atoms with Gasteiger partial charge < -0.3 is 4.90 Å². The molecule has 0 amide bonds. The van der Waals surface area contributed by atoms with Crippen LogP contribution in [-0.4, -0.2) is 49.5 Å². The van der Waals surface area contributed by atoms with Crippen LogP contribution in [0.2, 0.25) is 0 Å². The molecule has 1 aliphatic heterocycles. The Bertz CT molecular complexity index is 1130. The van der Waals surface area contributed by atoms with Crippen LogP contribution in [0.4, 0.5) is 5.69 Å². The number of anilines is 1. The molecule has 1 atom stereocenters. The molecule has 32 heavy (non-hydrogen) atoms. The van der Waals surface area contributed by atoms with Gasteiger partial charge in [0.2, 0.25) is 9.84 Å². The van der Waals surface area contributed by atoms with Crippen LogP contribution in [0.25, 0.3) is 0 Å². The van der Waals surface area contributed by atoms with Gasteiger partial charge in [-0.2, -0.15) is 0 Å². The van der Waals surface area contributed by atoms with Crippen LogP contribution < -0.4 is 4.90 Å². The Kier molecular flexibility index (Phi) is 6.93. The average molecular weight is 471 g/mol. The van der Waals surface area contributed by atoms with Gasteiger partial charge in [-0.25, -0.2) is 18.4 Å². The zero-order valence-corrected chi connectivity index (χ0v) is 20.4. The van der Waals surface area contributed by atoms with Crippen molar-refractivity contribution in [2.75, 3.05) is 25.0 Å². The minimum atomic E-state index is -3.51. The van der Waals surface area contributed by atoms with Gasteiger partial charge in [0.1, 0.15) is 0 Å². The van der Waals surface area contributed by atoms with Crippen molar-refractivity contribution in [2.24, 2.45) is 0 Å². The Hall–Kier alpha value is -2.29. The molecule has 3 aromatic rings. The fourth-order valence-electron chi connectivity index (χ4n) is 4.44. The van der Waals surface area contributed by atoms with Crippen LogP contribution in [0.1, 0.15) is 42.6 Å². The minimum Gasteiger partial charge on any atom is -0.370 e. The maximum atomic E-state index is 12.7. The Labute approximate surface area is 194 Å². The summed E-state index contributed by atoms with van der Waals surface area (Å²) in [6.07, 6.45) is 3.84. The minimum absolute atomic E-state index is 0.115. The van der Waals surface area contributed by atoms with E-state index in [2.05, 4.69) is 64.1 Å². The smallest absolute Gasteiger partial charge is 0.201 e. The number of aryl methyl sites for hydroxylation is 1. The predicted molar refractivity (Wildman–Crippen MR) is 130 cm³/mol. The van der Waals surface area contributed by atoms with Crippen LogP contribution in [0, 0.1) is 6.92 Å². The molecule has 1 aliphatic rings. The van der Waals surface area contributed by atoms with Gasteiger partial charge in [0.25, 0.3) is 0 Å². The van der Waals surface area contributed by atoms with E-state index in [1.807, 2.05) is 6.92 Å². The van der Waals surface area contributed by atoms with Crippen LogP contribution in [0.3, 0.4) is 0 Å². The zero-order chi connectivity index (χ0) is 22.7. The lowest BCUT2D eigenvalue weighted by atomic mass is 9.99. The van der Waals surface area contributed by atoms with Crippen molar-refractivity contribution < 1.29 is 8.42 Å². The molecule has 0 radical (unpaired) electrons. The zero-order valence-electron chi connectivity index (χ0n) is 18.8. The number of aromatic nitrogens is 2. The second kappa shape index (κ2) is 9.68. The third-order valence-corrected chi connectivity index (χ3v) is 8.63. The molecule has 3 heterocycles. The molecule has 0 bridgehead atoms. The van der Waals surface area contributed by atoms with E-state index in [1.165, 1.54) is 16.9 Å². The normalized spacial score (nSPS) is 16.7. The van der Waals surface area contributed by atoms with E-state index < -0.39 is 9.84 Å². The first-order chi connectivity index (χ1) is 15.3. The number of thiazole rings is 1. The summed E-state index contributed by atoms with van der Waals surface area (Å²) >= 11 is 1.40. The van der Waals surface area contributed by atoms with Crippen molar-refractivity contribution >= 4 is 26.9 Å². The molecule has 0 spiro atoms. The Balaban J connectivity index is 1.41. The summed E-state index contributed by atoms with van der Waals surface area (Å²) in [4.78, 5) is 13.2. The Morgan fingerprint density at radius 1 is 1.19 bits per heavy atom. The monoisotopic (exact) mass is 470 g/mol. The molecule has 6 nitrogen and oxygen atoms in total. The number of sulfone groups is 1. The van der Waals surface area contributed by atoms with Gasteiger partial charge in [-0.1, -0.05) is 30.3 Å². The molecule has 0 saturated carbocycles. The second-order valence-electron chi connectivity index (χ2n) is 8.51. The lowest BCUT2D eigenvalue weighted by molar-refractivity contribution is 0.162. The van der Waals surface area contributed by atoms with Gasteiger partial charge in [-0.05, 0) is 43.9 Å². The first-order valence-electron chi connectivity index (χ1n) is 10.9. The molecule has 1 saturated heterocycles. The number of benzene rings is 1. The van der Waals surface area contributed by atoms with Crippen LogP contribution >= 0.6 is 11.3 Å². The van der Waals surface area contributed by atoms with Crippen molar-refractivity contribution in [3.63, 3.8) is 0 Å². The van der Waals surface area contributed by atoms with Crippen LogP contribution in [-0.2, 0) is 15.6 Å². The Morgan fingerprint density at radius 2 is 1.91 bits per heavy atom. The largest absolute Gasteiger partial charge is 0.370 e. The van der Waals surface area contributed by atoms with Crippen molar-refractivity contribution in [1.29, 1.82) is 0 Å². The summed E-state index contributed by atoms with van der Waals surface area (Å²) < 4.78 is 25.5. The summed E-state index contributed by atoms with van der Waals surface area (Å²) in [5.41, 5.74) is 5.49. The SMILES string of the molecule is Cc1cc(S(=O)(=O)Cc2cscn2)ncc1N(C)C1CCN([C@H](C)c2ccccc2)CC1. The number of pyridine rings is 1. The number of hydrogen-bond acceptors (Lipinski definition) is 7. The lowest BCUT2D eigenvalue weighted by Gasteiger charge is -2.40. The number of nitrogens with zero attached hydrogens (tertiary/aromatic N) is 4. The lowest BCUT2D eigenvalue weighted by Crippen LogP contribution is -2.44. The van der Waals surface area contributed by atoms with Crippen molar-refractivity contribution in [1.82, 2.24) is 14.9 Å². The highest BCUT2D eigenvalue weighted by Crippen LogP contribution is 2.29. The maximum Gasteiger partial charge on any atom is 0.201 e. The summed E-state index contributed by atoms with van der Waals surface area (Å²) in [6.45, 7) is 6.31. The van der Waals surface area contributed by atoms with Crippen molar-refractivity contribution in [2.45, 2.75) is 49.6 Å². The number of likely N-dealkylation sites (tertiary alicyclic amines) is 1. The molecule has 8 heteroatoms. The van der Waals surface area contributed by atoms with Crippen LogP contribution in [0.15, 0.2) is 58.5 Å². The van der Waals surface area contributed by atoms with Gasteiger partial charge in [0, 0.05) is 37.6 Å². The van der Waals surface area contributed by atoms with Gasteiger partial charge in [0.15, 0.2) is 5.03 Å². The summed E-state index contributed by atoms with van der Waals surface area (Å²) in [5, 5.41) is 1.88. The number of rotatable bonds is 7. The highest BCUT2D eigenvalue weighted by atomic mass is 32.2. The average Bonchev–Trinajstić information content (AvgIpc) is 3.31. The first-order valence-corrected chi connectivity index (χ1v) is 13.5. The number of hydrogen-bond donors (Lipinski definition) is 0. The third-order valence-electron chi connectivity index (χ3n) is 6.45. The second-order valence-corrected chi connectivity index (χ2v) is 11.2. The standard InChI is InChI=1S/C24H30N4O2S2/c1-18-13-24(32(29,30)16-21-15-31-17-26-21)25-14-23(18)27(3)22-9-11-28(12-10-22)19(2)20-7-5-4-6-8-20/h4-8,13-15,17,19,22H,9-12,16H2,1-3H3/t19-/m1/s1.